The minimum Gasteiger partial charge on any atom is -0.507 e. The molecule has 0 saturated carbocycles. The van der Waals surface area contributed by atoms with Crippen LogP contribution in [0.4, 0.5) is 0 Å². The van der Waals surface area contributed by atoms with Gasteiger partial charge in [0.1, 0.15) is 46.5 Å². The number of phenols is 2. The summed E-state index contributed by atoms with van der Waals surface area (Å²) in [5.41, 5.74) is -0.691. The van der Waals surface area contributed by atoms with Gasteiger partial charge in [-0.3, -0.25) is 9.35 Å². The molecule has 1 fully saturated rings. The van der Waals surface area contributed by atoms with Crippen molar-refractivity contribution in [3.05, 3.63) is 40.6 Å². The molecule has 1 saturated heterocycles. The summed E-state index contributed by atoms with van der Waals surface area (Å²) in [6, 6.07) is 5.78. The zero-order valence-electron chi connectivity index (χ0n) is 20.4. The number of hydrogen-bond acceptors (Lipinski definition) is 14. The van der Waals surface area contributed by atoms with Crippen molar-refractivity contribution in [3.63, 3.8) is 0 Å². The number of ether oxygens (including phenoxy) is 4. The lowest BCUT2D eigenvalue weighted by Gasteiger charge is -2.39. The number of rotatable bonds is 8. The summed E-state index contributed by atoms with van der Waals surface area (Å²) >= 11 is 0. The lowest BCUT2D eigenvalue weighted by Crippen LogP contribution is -2.62. The Bertz CT molecular complexity index is 1590. The highest BCUT2D eigenvalue weighted by Gasteiger charge is 2.51. The number of aromatic hydroxyl groups is 2. The smallest absolute Gasteiger partial charge is 0.397 e. The highest BCUT2D eigenvalue weighted by atomic mass is 32.3. The van der Waals surface area contributed by atoms with Crippen molar-refractivity contribution in [1.29, 1.82) is 0 Å². The molecule has 16 nitrogen and oxygen atoms in total. The van der Waals surface area contributed by atoms with Crippen LogP contribution in [-0.2, 0) is 24.1 Å². The van der Waals surface area contributed by atoms with Crippen LogP contribution in [0.3, 0.4) is 0 Å². The number of aliphatic hydroxyl groups is 2. The third-order valence-corrected chi connectivity index (χ3v) is 6.29. The zero-order chi connectivity index (χ0) is 29.5. The van der Waals surface area contributed by atoms with E-state index in [9.17, 15) is 43.5 Å². The molecule has 0 bridgehead atoms. The van der Waals surface area contributed by atoms with E-state index in [0.717, 1.165) is 18.2 Å². The predicted molar refractivity (Wildman–Crippen MR) is 130 cm³/mol. The molecular weight excluding hydrogens is 564 g/mol. The van der Waals surface area contributed by atoms with Gasteiger partial charge in [0, 0.05) is 23.8 Å². The van der Waals surface area contributed by atoms with Gasteiger partial charge in [-0.15, -0.1) is 0 Å². The minimum absolute atomic E-state index is 0.00304. The molecule has 40 heavy (non-hydrogen) atoms. The summed E-state index contributed by atoms with van der Waals surface area (Å²) in [4.78, 5) is 24.4. The molecule has 1 aliphatic heterocycles. The van der Waals surface area contributed by atoms with Crippen LogP contribution >= 0.6 is 0 Å². The first kappa shape index (κ1) is 28.9. The van der Waals surface area contributed by atoms with Gasteiger partial charge in [-0.25, -0.2) is 8.98 Å². The van der Waals surface area contributed by atoms with Gasteiger partial charge in [0.25, 0.3) is 0 Å². The largest absolute Gasteiger partial charge is 0.507 e. The SMILES string of the molecule is COc1cc(-c2cc(=O)c3c(O)cc(O[C@H]4O[C@@H](C(=O)O)[C@H](OS(=O)(=O)O)[C@@H](O)[C@@H]4O)cc3o2)cc(OC)c1O. The molecule has 0 radical (unpaired) electrons. The normalized spacial score (nSPS) is 23.1. The number of aliphatic carboxylic acids is 1. The number of fused-ring (bicyclic) bond motifs is 1. The molecule has 2 heterocycles. The summed E-state index contributed by atoms with van der Waals surface area (Å²) in [7, 11) is -2.67. The number of carboxylic acid groups (broad SMARTS) is 1. The fourth-order valence-electron chi connectivity index (χ4n) is 4.00. The number of methoxy groups -OCH3 is 2. The molecular formula is C23H22O16S. The Kier molecular flexibility index (Phi) is 7.79. The molecule has 3 aromatic rings. The number of carbonyl (C=O) groups is 1. The number of hydrogen-bond donors (Lipinski definition) is 6. The van der Waals surface area contributed by atoms with E-state index in [1.807, 2.05) is 0 Å². The second-order valence-corrected chi connectivity index (χ2v) is 9.42. The maximum atomic E-state index is 12.8. The molecule has 216 valence electrons. The Balaban J connectivity index is 1.72. The van der Waals surface area contributed by atoms with Gasteiger partial charge in [-0.1, -0.05) is 0 Å². The molecule has 5 atom stereocenters. The second kappa shape index (κ2) is 10.8. The van der Waals surface area contributed by atoms with Crippen LogP contribution in [0.25, 0.3) is 22.3 Å². The van der Waals surface area contributed by atoms with Gasteiger partial charge < -0.3 is 48.9 Å². The number of benzene rings is 2. The third kappa shape index (κ3) is 5.60. The van der Waals surface area contributed by atoms with Crippen LogP contribution in [0.2, 0.25) is 0 Å². The average Bonchev–Trinajstić information content (AvgIpc) is 2.87. The Labute approximate surface area is 224 Å². The molecule has 6 N–H and O–H groups in total. The van der Waals surface area contributed by atoms with Crippen molar-refractivity contribution in [1.82, 2.24) is 0 Å². The van der Waals surface area contributed by atoms with Crippen molar-refractivity contribution < 1.29 is 70.8 Å². The summed E-state index contributed by atoms with van der Waals surface area (Å²) in [5.74, 6) is -3.15. The Morgan fingerprint density at radius 1 is 0.975 bits per heavy atom. The molecule has 2 aromatic carbocycles. The first-order valence-corrected chi connectivity index (χ1v) is 12.4. The lowest BCUT2D eigenvalue weighted by atomic mass is 9.99. The third-order valence-electron chi connectivity index (χ3n) is 5.82. The topological polar surface area (TPSA) is 249 Å². The molecule has 0 unspecified atom stereocenters. The summed E-state index contributed by atoms with van der Waals surface area (Å²) in [6.45, 7) is 0. The zero-order valence-corrected chi connectivity index (χ0v) is 21.3. The maximum Gasteiger partial charge on any atom is 0.397 e. The minimum atomic E-state index is -5.26. The lowest BCUT2D eigenvalue weighted by molar-refractivity contribution is -0.266. The highest BCUT2D eigenvalue weighted by molar-refractivity contribution is 7.80. The molecule has 4 rings (SSSR count). The van der Waals surface area contributed by atoms with Gasteiger partial charge in [-0.2, -0.15) is 8.42 Å². The molecule has 1 aliphatic rings. The van der Waals surface area contributed by atoms with E-state index < -0.39 is 58.3 Å². The number of aliphatic hydroxyl groups excluding tert-OH is 2. The Hall–Kier alpha value is -4.13. The van der Waals surface area contributed by atoms with Gasteiger partial charge >= 0.3 is 16.4 Å². The first-order chi connectivity index (χ1) is 18.7. The summed E-state index contributed by atoms with van der Waals surface area (Å²) < 4.78 is 61.6. The number of phenolic OH excluding ortho intramolecular Hbond substituents is 2. The fraction of sp³-hybridized carbons (Fsp3) is 0.304. The summed E-state index contributed by atoms with van der Waals surface area (Å²) in [6.07, 6.45) is -10.8. The van der Waals surface area contributed by atoms with Gasteiger partial charge in [0.15, 0.2) is 23.0 Å². The Morgan fingerprint density at radius 3 is 2.15 bits per heavy atom. The van der Waals surface area contributed by atoms with E-state index in [1.165, 1.54) is 26.4 Å². The molecule has 0 spiro atoms. The fourth-order valence-corrected chi connectivity index (χ4v) is 4.50. The van der Waals surface area contributed by atoms with E-state index in [-0.39, 0.29) is 45.3 Å². The summed E-state index contributed by atoms with van der Waals surface area (Å²) in [5, 5.41) is 50.4. The van der Waals surface area contributed by atoms with E-state index >= 15 is 0 Å². The van der Waals surface area contributed by atoms with Crippen LogP contribution in [0, 0.1) is 0 Å². The quantitative estimate of drug-likeness (QED) is 0.190. The molecule has 17 heteroatoms. The second-order valence-electron chi connectivity index (χ2n) is 8.37. The van der Waals surface area contributed by atoms with E-state index in [2.05, 4.69) is 4.18 Å². The monoisotopic (exact) mass is 586 g/mol. The van der Waals surface area contributed by atoms with Crippen molar-refractivity contribution in [3.8, 4) is 40.1 Å². The predicted octanol–water partition coefficient (Wildman–Crippen LogP) is -0.0135. The van der Waals surface area contributed by atoms with Gasteiger partial charge in [0.2, 0.25) is 12.0 Å². The Morgan fingerprint density at radius 2 is 1.60 bits per heavy atom. The first-order valence-electron chi connectivity index (χ1n) is 11.1. The molecule has 1 aromatic heterocycles. The average molecular weight is 586 g/mol. The van der Waals surface area contributed by atoms with E-state index in [4.69, 9.17) is 27.9 Å². The van der Waals surface area contributed by atoms with E-state index in [0.29, 0.717) is 0 Å². The number of carboxylic acids is 1. The van der Waals surface area contributed by atoms with Crippen LogP contribution in [-0.4, -0.2) is 89.4 Å². The van der Waals surface area contributed by atoms with Crippen molar-refractivity contribution in [2.24, 2.45) is 0 Å². The van der Waals surface area contributed by atoms with Crippen LogP contribution in [0.1, 0.15) is 0 Å². The molecule has 0 amide bonds. The van der Waals surface area contributed by atoms with Gasteiger partial charge in [-0.05, 0) is 12.1 Å². The van der Waals surface area contributed by atoms with Crippen LogP contribution in [0.5, 0.6) is 28.7 Å². The molecule has 0 aliphatic carbocycles. The van der Waals surface area contributed by atoms with Crippen LogP contribution < -0.4 is 19.6 Å². The van der Waals surface area contributed by atoms with E-state index in [1.54, 1.807) is 0 Å². The van der Waals surface area contributed by atoms with Crippen molar-refractivity contribution in [2.45, 2.75) is 30.7 Å². The van der Waals surface area contributed by atoms with Crippen LogP contribution in [0.15, 0.2) is 39.5 Å². The van der Waals surface area contributed by atoms with Crippen molar-refractivity contribution >= 4 is 27.3 Å². The standard InChI is InChI=1S/C23H22O16S/c1-34-14-3-8(4-15(35-2)17(14)26)12-7-11(25)16-10(24)5-9(6-13(16)37-12)36-23-19(28)18(27)20(39-40(31,32)33)21(38-23)22(29)30/h3-7,18-21,23-24,26-28H,1-2H3,(H,29,30)(H,31,32,33)/t18-,19-,20+,21+,23-/m0/s1. The van der Waals surface area contributed by atoms with Gasteiger partial charge in [0.05, 0.1) is 14.2 Å². The highest BCUT2D eigenvalue weighted by Crippen LogP contribution is 2.41. The van der Waals surface area contributed by atoms with Crippen molar-refractivity contribution in [2.75, 3.05) is 14.2 Å². The maximum absolute atomic E-state index is 12.8.